The van der Waals surface area contributed by atoms with Crippen molar-refractivity contribution in [1.29, 1.82) is 0 Å². The molecular weight excluding hydrogens is 535 g/mol. The number of rotatable bonds is 9. The second-order valence-corrected chi connectivity index (χ2v) is 8.56. The summed E-state index contributed by atoms with van der Waals surface area (Å²) in [5.41, 5.74) is -1.10. The summed E-state index contributed by atoms with van der Waals surface area (Å²) in [6.07, 6.45) is -5.08. The van der Waals surface area contributed by atoms with Gasteiger partial charge in [-0.05, 0) is 24.6 Å². The Balaban J connectivity index is 1.47. The average molecular weight is 557 g/mol. The molecule has 0 saturated heterocycles. The summed E-state index contributed by atoms with van der Waals surface area (Å²) < 4.78 is 49.1. The molecule has 40 heavy (non-hydrogen) atoms. The third kappa shape index (κ3) is 7.24. The van der Waals surface area contributed by atoms with E-state index in [2.05, 4.69) is 25.5 Å². The van der Waals surface area contributed by atoms with Crippen molar-refractivity contribution in [2.45, 2.75) is 32.9 Å². The lowest BCUT2D eigenvalue weighted by Crippen LogP contribution is -2.38. The van der Waals surface area contributed by atoms with E-state index in [4.69, 9.17) is 4.52 Å². The normalized spacial score (nSPS) is 11.2. The Kier molecular flexibility index (Phi) is 8.17. The van der Waals surface area contributed by atoms with Crippen LogP contribution in [0.2, 0.25) is 0 Å². The zero-order valence-corrected chi connectivity index (χ0v) is 20.9. The van der Waals surface area contributed by atoms with Crippen LogP contribution in [-0.2, 0) is 19.6 Å². The molecule has 14 heteroatoms. The van der Waals surface area contributed by atoms with Crippen LogP contribution in [0.25, 0.3) is 0 Å². The lowest BCUT2D eigenvalue weighted by molar-refractivity contribution is -0.274. The van der Waals surface area contributed by atoms with Crippen LogP contribution in [0.3, 0.4) is 0 Å². The van der Waals surface area contributed by atoms with Gasteiger partial charge in [0.25, 0.3) is 17.4 Å². The van der Waals surface area contributed by atoms with Crippen molar-refractivity contribution in [1.82, 2.24) is 25.3 Å². The van der Waals surface area contributed by atoms with Gasteiger partial charge in [0.2, 0.25) is 0 Å². The number of alkyl halides is 3. The number of halogens is 3. The zero-order valence-electron chi connectivity index (χ0n) is 20.9. The van der Waals surface area contributed by atoms with Crippen molar-refractivity contribution >= 4 is 11.8 Å². The minimum atomic E-state index is -5.08. The number of aromatic nitrogens is 3. The topological polar surface area (TPSA) is 148 Å². The van der Waals surface area contributed by atoms with Crippen LogP contribution in [0.15, 0.2) is 74.8 Å². The average Bonchev–Trinajstić information content (AvgIpc) is 3.33. The molecule has 0 aliphatic carbocycles. The van der Waals surface area contributed by atoms with E-state index in [1.54, 1.807) is 43.3 Å². The van der Waals surface area contributed by atoms with Crippen LogP contribution in [0.5, 0.6) is 5.75 Å². The predicted octanol–water partition coefficient (Wildman–Crippen LogP) is 2.64. The monoisotopic (exact) mass is 557 g/mol. The zero-order chi connectivity index (χ0) is 28.9. The van der Waals surface area contributed by atoms with E-state index in [1.807, 2.05) is 0 Å². The number of H-pyrrole nitrogens is 1. The molecule has 3 N–H and O–H groups in total. The van der Waals surface area contributed by atoms with Gasteiger partial charge >= 0.3 is 12.1 Å². The number of hydrogen-bond donors (Lipinski definition) is 3. The molecule has 11 nitrogen and oxygen atoms in total. The Hall–Kier alpha value is -5.14. The summed E-state index contributed by atoms with van der Waals surface area (Å²) >= 11 is 0. The van der Waals surface area contributed by atoms with Crippen molar-refractivity contribution < 1.29 is 32.0 Å². The fourth-order valence-corrected chi connectivity index (χ4v) is 3.66. The number of nitrogens with zero attached hydrogens (tertiary/aromatic N) is 2. The number of amides is 2. The second-order valence-electron chi connectivity index (χ2n) is 8.56. The summed E-state index contributed by atoms with van der Waals surface area (Å²) in [5, 5.41) is 8.56. The largest absolute Gasteiger partial charge is 0.573 e. The van der Waals surface area contributed by atoms with Crippen molar-refractivity contribution in [3.05, 3.63) is 115 Å². The number of benzene rings is 2. The van der Waals surface area contributed by atoms with Gasteiger partial charge in [0, 0.05) is 29.8 Å². The molecule has 0 atom stereocenters. The summed E-state index contributed by atoms with van der Waals surface area (Å²) in [5.74, 6) is -1.81. The Morgan fingerprint density at radius 3 is 2.38 bits per heavy atom. The summed E-state index contributed by atoms with van der Waals surface area (Å²) in [6.45, 7) is 1.15. The Morgan fingerprint density at radius 1 is 1.00 bits per heavy atom. The number of hydrogen-bond acceptors (Lipinski definition) is 7. The van der Waals surface area contributed by atoms with Gasteiger partial charge in [-0.3, -0.25) is 19.0 Å². The van der Waals surface area contributed by atoms with Gasteiger partial charge < -0.3 is 24.9 Å². The molecule has 0 radical (unpaired) electrons. The van der Waals surface area contributed by atoms with Gasteiger partial charge in [-0.2, -0.15) is 0 Å². The van der Waals surface area contributed by atoms with Crippen LogP contribution < -0.4 is 26.6 Å². The molecule has 0 unspecified atom stereocenters. The number of carbonyl (C=O) groups excluding carboxylic acids is 2. The standard InChI is InChI=1S/C26H22F3N5O6/c1-15-9-19(33-40-15)13-31-23(36)17-7-8-18(21(10-17)39-26(27,28)29)12-30-24(37)20-11-22(35)34(25(38)32-20)14-16-5-3-2-4-6-16/h2-11H,12-14H2,1H3,(H,30,37)(H,31,36)(H,32,38). The van der Waals surface area contributed by atoms with E-state index in [1.165, 1.54) is 12.1 Å². The van der Waals surface area contributed by atoms with E-state index in [9.17, 15) is 32.3 Å². The first-order valence-electron chi connectivity index (χ1n) is 11.7. The molecule has 4 aromatic rings. The SMILES string of the molecule is Cc1cc(CNC(=O)c2ccc(CNC(=O)c3cc(=O)n(Cc4ccccc4)c(=O)[nH]3)c(OC(F)(F)F)c2)no1. The van der Waals surface area contributed by atoms with E-state index >= 15 is 0 Å². The Bertz CT molecular complexity index is 1610. The third-order valence-electron chi connectivity index (χ3n) is 5.55. The summed E-state index contributed by atoms with van der Waals surface area (Å²) in [6, 6.07) is 14.5. The molecule has 2 aromatic heterocycles. The van der Waals surface area contributed by atoms with E-state index < -0.39 is 41.7 Å². The molecular formula is C26H22F3N5O6. The van der Waals surface area contributed by atoms with Crippen molar-refractivity contribution in [3.8, 4) is 5.75 Å². The minimum Gasteiger partial charge on any atom is -0.405 e. The van der Waals surface area contributed by atoms with Gasteiger partial charge in [-0.25, -0.2) is 4.79 Å². The maximum atomic E-state index is 13.1. The molecule has 4 rings (SSSR count). The molecule has 2 amide bonds. The number of ether oxygens (including phenoxy) is 1. The first-order chi connectivity index (χ1) is 19.0. The third-order valence-corrected chi connectivity index (χ3v) is 5.55. The highest BCUT2D eigenvalue weighted by molar-refractivity contribution is 5.95. The molecule has 0 aliphatic rings. The highest BCUT2D eigenvalue weighted by Crippen LogP contribution is 2.28. The van der Waals surface area contributed by atoms with Crippen LogP contribution in [0.1, 0.15) is 43.4 Å². The summed E-state index contributed by atoms with van der Waals surface area (Å²) in [7, 11) is 0. The molecule has 0 fully saturated rings. The molecule has 2 heterocycles. The molecule has 0 saturated carbocycles. The quantitative estimate of drug-likeness (QED) is 0.287. The number of nitrogens with one attached hydrogen (secondary N) is 3. The van der Waals surface area contributed by atoms with Crippen molar-refractivity contribution in [2.24, 2.45) is 0 Å². The first kappa shape index (κ1) is 27.9. The van der Waals surface area contributed by atoms with Gasteiger partial charge in [0.1, 0.15) is 22.9 Å². The first-order valence-corrected chi connectivity index (χ1v) is 11.7. The fraction of sp³-hybridized carbons (Fsp3) is 0.192. The van der Waals surface area contributed by atoms with Crippen LogP contribution in [0, 0.1) is 6.92 Å². The van der Waals surface area contributed by atoms with Gasteiger partial charge in [-0.1, -0.05) is 41.6 Å². The number of aryl methyl sites for hydroxylation is 1. The Morgan fingerprint density at radius 2 is 1.73 bits per heavy atom. The lowest BCUT2D eigenvalue weighted by Gasteiger charge is -2.15. The van der Waals surface area contributed by atoms with Gasteiger partial charge in [0.05, 0.1) is 13.1 Å². The molecule has 0 spiro atoms. The molecule has 2 aromatic carbocycles. The fourth-order valence-electron chi connectivity index (χ4n) is 3.66. The second kappa shape index (κ2) is 11.7. The van der Waals surface area contributed by atoms with E-state index in [0.717, 1.165) is 16.7 Å². The molecule has 0 bridgehead atoms. The minimum absolute atomic E-state index is 0.0206. The van der Waals surface area contributed by atoms with E-state index in [-0.39, 0.29) is 29.9 Å². The molecule has 208 valence electrons. The smallest absolute Gasteiger partial charge is 0.405 e. The van der Waals surface area contributed by atoms with Crippen molar-refractivity contribution in [3.63, 3.8) is 0 Å². The highest BCUT2D eigenvalue weighted by Gasteiger charge is 2.32. The van der Waals surface area contributed by atoms with Crippen LogP contribution in [-0.4, -0.2) is 32.9 Å². The Labute approximate surface area is 223 Å². The highest BCUT2D eigenvalue weighted by atomic mass is 19.4. The van der Waals surface area contributed by atoms with Gasteiger partial charge in [-0.15, -0.1) is 13.2 Å². The molecule has 0 aliphatic heterocycles. The number of carbonyl (C=O) groups is 2. The van der Waals surface area contributed by atoms with E-state index in [0.29, 0.717) is 17.0 Å². The van der Waals surface area contributed by atoms with Crippen molar-refractivity contribution in [2.75, 3.05) is 0 Å². The number of aromatic amines is 1. The predicted molar refractivity (Wildman–Crippen MR) is 134 cm³/mol. The van der Waals surface area contributed by atoms with Gasteiger partial charge in [0.15, 0.2) is 0 Å². The van der Waals surface area contributed by atoms with Crippen LogP contribution >= 0.6 is 0 Å². The summed E-state index contributed by atoms with van der Waals surface area (Å²) in [4.78, 5) is 52.3. The maximum Gasteiger partial charge on any atom is 0.573 e. The maximum absolute atomic E-state index is 13.1. The lowest BCUT2D eigenvalue weighted by atomic mass is 10.1. The van der Waals surface area contributed by atoms with Crippen LogP contribution in [0.4, 0.5) is 13.2 Å².